The maximum atomic E-state index is 12.6. The first kappa shape index (κ1) is 14.0. The molecule has 0 atom stereocenters. The van der Waals surface area contributed by atoms with E-state index in [2.05, 4.69) is 20.3 Å². The predicted molar refractivity (Wildman–Crippen MR) is 58.4 cm³/mol. The summed E-state index contributed by atoms with van der Waals surface area (Å²) in [5, 5.41) is 8.80. The zero-order chi connectivity index (χ0) is 14.8. The van der Waals surface area contributed by atoms with Gasteiger partial charge in [0.2, 0.25) is 0 Å². The van der Waals surface area contributed by atoms with Gasteiger partial charge in [-0.05, 0) is 34.7 Å². The molecule has 1 aromatic carbocycles. The molecular weight excluding hydrogens is 284 g/mol. The summed E-state index contributed by atoms with van der Waals surface area (Å²) in [6.45, 7) is -1.44. The van der Waals surface area contributed by atoms with Crippen molar-refractivity contribution in [2.45, 2.75) is 12.3 Å². The van der Waals surface area contributed by atoms with Crippen LogP contribution in [0.25, 0.3) is 5.69 Å². The van der Waals surface area contributed by atoms with E-state index in [0.29, 0.717) is 5.69 Å². The van der Waals surface area contributed by atoms with Gasteiger partial charge < -0.3 is 4.74 Å². The second-order valence-electron chi connectivity index (χ2n) is 3.76. The third-order valence-electron chi connectivity index (χ3n) is 2.30. The summed E-state index contributed by atoms with van der Waals surface area (Å²) in [5.74, 6) is -4.26. The predicted octanol–water partition coefficient (Wildman–Crippen LogP) is 1.23. The second-order valence-corrected chi connectivity index (χ2v) is 3.76. The topological polar surface area (TPSA) is 72.8 Å². The Labute approximate surface area is 109 Å². The molecule has 2 rings (SSSR count). The largest absolute Gasteiger partial charge is 0.487 e. The molecule has 0 fully saturated rings. The summed E-state index contributed by atoms with van der Waals surface area (Å²) in [4.78, 5) is 11.2. The van der Waals surface area contributed by atoms with E-state index in [9.17, 15) is 22.4 Å². The van der Waals surface area contributed by atoms with Crippen LogP contribution in [0, 0.1) is 0 Å². The molecule has 1 aromatic heterocycles. The average molecular weight is 292 g/mol. The van der Waals surface area contributed by atoms with E-state index in [1.807, 2.05) is 0 Å². The van der Waals surface area contributed by atoms with Crippen LogP contribution in [0.5, 0.6) is 5.75 Å². The van der Waals surface area contributed by atoms with Crippen molar-refractivity contribution >= 4 is 0 Å². The third kappa shape index (κ3) is 2.95. The SMILES string of the molecule is O=c1[nH]nnn1-c1ccc(OCC(F)(F)C(F)F)cc1. The third-order valence-corrected chi connectivity index (χ3v) is 2.30. The summed E-state index contributed by atoms with van der Waals surface area (Å²) < 4.78 is 54.6. The number of nitrogens with one attached hydrogen (secondary N) is 1. The van der Waals surface area contributed by atoms with Crippen molar-refractivity contribution < 1.29 is 22.3 Å². The van der Waals surface area contributed by atoms with E-state index in [4.69, 9.17) is 0 Å². The number of rotatable bonds is 5. The van der Waals surface area contributed by atoms with E-state index >= 15 is 0 Å². The molecule has 0 aliphatic heterocycles. The molecule has 1 N–H and O–H groups in total. The maximum Gasteiger partial charge on any atom is 0.365 e. The molecule has 0 spiro atoms. The Morgan fingerprint density at radius 1 is 1.30 bits per heavy atom. The summed E-state index contributed by atoms with van der Waals surface area (Å²) in [7, 11) is 0. The minimum Gasteiger partial charge on any atom is -0.487 e. The molecule has 0 amide bonds. The molecule has 10 heteroatoms. The first-order chi connectivity index (χ1) is 9.40. The van der Waals surface area contributed by atoms with E-state index < -0.39 is 24.6 Å². The van der Waals surface area contributed by atoms with E-state index in [-0.39, 0.29) is 5.75 Å². The summed E-state index contributed by atoms with van der Waals surface area (Å²) in [6, 6.07) is 5.19. The van der Waals surface area contributed by atoms with Crippen LogP contribution in [-0.4, -0.2) is 39.2 Å². The van der Waals surface area contributed by atoms with Crippen molar-refractivity contribution in [3.05, 3.63) is 34.7 Å². The van der Waals surface area contributed by atoms with Crippen LogP contribution in [0.2, 0.25) is 0 Å². The molecule has 108 valence electrons. The highest BCUT2D eigenvalue weighted by Gasteiger charge is 2.41. The first-order valence-corrected chi connectivity index (χ1v) is 5.30. The zero-order valence-electron chi connectivity index (χ0n) is 9.76. The van der Waals surface area contributed by atoms with Crippen LogP contribution in [-0.2, 0) is 0 Å². The van der Waals surface area contributed by atoms with Gasteiger partial charge in [0.05, 0.1) is 5.69 Å². The molecule has 0 saturated carbocycles. The summed E-state index contributed by atoms with van der Waals surface area (Å²) in [5.41, 5.74) is -0.264. The molecule has 0 aliphatic rings. The number of alkyl halides is 4. The lowest BCUT2D eigenvalue weighted by molar-refractivity contribution is -0.148. The van der Waals surface area contributed by atoms with Gasteiger partial charge in [0.25, 0.3) is 0 Å². The van der Waals surface area contributed by atoms with Gasteiger partial charge in [-0.3, -0.25) is 0 Å². The van der Waals surface area contributed by atoms with Crippen molar-refractivity contribution in [2.24, 2.45) is 0 Å². The molecular formula is C10H8F4N4O2. The number of ether oxygens (including phenoxy) is 1. The van der Waals surface area contributed by atoms with Crippen LogP contribution < -0.4 is 10.4 Å². The molecule has 0 radical (unpaired) electrons. The Kier molecular flexibility index (Phi) is 3.72. The minimum absolute atomic E-state index is 0.0365. The maximum absolute atomic E-state index is 12.6. The van der Waals surface area contributed by atoms with Crippen LogP contribution in [0.1, 0.15) is 0 Å². The van der Waals surface area contributed by atoms with Gasteiger partial charge in [0, 0.05) is 0 Å². The Morgan fingerprint density at radius 3 is 2.45 bits per heavy atom. The minimum atomic E-state index is -4.22. The molecule has 0 saturated heterocycles. The van der Waals surface area contributed by atoms with E-state index in [0.717, 1.165) is 4.68 Å². The lowest BCUT2D eigenvalue weighted by atomic mass is 10.3. The molecule has 0 aliphatic carbocycles. The van der Waals surface area contributed by atoms with Crippen molar-refractivity contribution in [1.29, 1.82) is 0 Å². The van der Waals surface area contributed by atoms with Crippen LogP contribution >= 0.6 is 0 Å². The number of benzene rings is 1. The molecule has 6 nitrogen and oxygen atoms in total. The second kappa shape index (κ2) is 5.31. The molecule has 0 bridgehead atoms. The number of hydrogen-bond acceptors (Lipinski definition) is 4. The highest BCUT2D eigenvalue weighted by molar-refractivity contribution is 5.36. The lowest BCUT2D eigenvalue weighted by Gasteiger charge is -2.15. The Hall–Kier alpha value is -2.39. The smallest absolute Gasteiger partial charge is 0.365 e. The Balaban J connectivity index is 2.06. The number of tetrazole rings is 1. The number of halogens is 4. The van der Waals surface area contributed by atoms with Gasteiger partial charge in [0.15, 0.2) is 6.61 Å². The highest BCUT2D eigenvalue weighted by Crippen LogP contribution is 2.24. The molecule has 0 unspecified atom stereocenters. The number of H-pyrrole nitrogens is 1. The van der Waals surface area contributed by atoms with Crippen LogP contribution in [0.15, 0.2) is 29.1 Å². The quantitative estimate of drug-likeness (QED) is 0.841. The van der Waals surface area contributed by atoms with Crippen molar-refractivity contribution in [1.82, 2.24) is 20.2 Å². The molecule has 1 heterocycles. The van der Waals surface area contributed by atoms with Crippen LogP contribution in [0.3, 0.4) is 0 Å². The van der Waals surface area contributed by atoms with Gasteiger partial charge in [0.1, 0.15) is 5.75 Å². The average Bonchev–Trinajstić information content (AvgIpc) is 2.83. The van der Waals surface area contributed by atoms with Gasteiger partial charge in [-0.2, -0.15) is 13.5 Å². The van der Waals surface area contributed by atoms with E-state index in [1.54, 1.807) is 0 Å². The number of aromatic amines is 1. The number of nitrogens with zero attached hydrogens (tertiary/aromatic N) is 3. The van der Waals surface area contributed by atoms with Gasteiger partial charge in [-0.25, -0.2) is 18.7 Å². The Bertz CT molecular complexity index is 623. The Morgan fingerprint density at radius 2 is 1.95 bits per heavy atom. The molecule has 20 heavy (non-hydrogen) atoms. The lowest BCUT2D eigenvalue weighted by Crippen LogP contribution is -2.33. The summed E-state index contributed by atoms with van der Waals surface area (Å²) >= 11 is 0. The normalized spacial score (nSPS) is 11.8. The number of aromatic nitrogens is 4. The standard InChI is InChI=1S/C10H8F4N4O2/c11-8(12)10(13,14)5-20-7-3-1-6(2-4-7)18-9(19)15-16-17-18/h1-4,8H,5H2,(H,15,17,19). The van der Waals surface area contributed by atoms with Gasteiger partial charge in [-0.15, -0.1) is 0 Å². The zero-order valence-corrected chi connectivity index (χ0v) is 9.76. The van der Waals surface area contributed by atoms with Gasteiger partial charge in [-0.1, -0.05) is 0 Å². The number of hydrogen-bond donors (Lipinski definition) is 1. The van der Waals surface area contributed by atoms with E-state index in [1.165, 1.54) is 24.3 Å². The fraction of sp³-hybridized carbons (Fsp3) is 0.300. The highest BCUT2D eigenvalue weighted by atomic mass is 19.3. The first-order valence-electron chi connectivity index (χ1n) is 5.30. The fourth-order valence-electron chi connectivity index (χ4n) is 1.29. The monoisotopic (exact) mass is 292 g/mol. The molecule has 2 aromatic rings. The van der Waals surface area contributed by atoms with Crippen molar-refractivity contribution in [3.8, 4) is 11.4 Å². The van der Waals surface area contributed by atoms with Crippen LogP contribution in [0.4, 0.5) is 17.6 Å². The van der Waals surface area contributed by atoms with Crippen molar-refractivity contribution in [3.63, 3.8) is 0 Å². The summed E-state index contributed by atoms with van der Waals surface area (Å²) in [6.07, 6.45) is -3.80. The fourth-order valence-corrected chi connectivity index (χ4v) is 1.29. The van der Waals surface area contributed by atoms with Crippen molar-refractivity contribution in [2.75, 3.05) is 6.61 Å². The van der Waals surface area contributed by atoms with Gasteiger partial charge >= 0.3 is 18.0 Å².